The van der Waals surface area contributed by atoms with Crippen LogP contribution in [0.5, 0.6) is 0 Å². The second-order valence-electron chi connectivity index (χ2n) is 7.64. The normalized spacial score (nSPS) is 20.7. The largest absolute Gasteiger partial charge is 0.331 e. The van der Waals surface area contributed by atoms with Crippen LogP contribution in [0.1, 0.15) is 66.1 Å². The van der Waals surface area contributed by atoms with Crippen LogP contribution in [0.4, 0.5) is 0 Å². The van der Waals surface area contributed by atoms with Gasteiger partial charge in [0.25, 0.3) is 0 Å². The minimum absolute atomic E-state index is 0.103. The molecule has 2 heterocycles. The van der Waals surface area contributed by atoms with Gasteiger partial charge in [0, 0.05) is 17.8 Å². The molecule has 1 atom stereocenters. The van der Waals surface area contributed by atoms with E-state index < -0.39 is 0 Å². The first-order chi connectivity index (χ1) is 12.2. The van der Waals surface area contributed by atoms with Crippen LogP contribution < -0.4 is 0 Å². The Bertz CT molecular complexity index is 727. The molecule has 1 aliphatic heterocycles. The average Bonchev–Trinajstić information content (AvgIpc) is 3.31. The maximum Gasteiger partial charge on any atom is 0.223 e. The molecule has 0 bridgehead atoms. The van der Waals surface area contributed by atoms with Crippen LogP contribution in [0.3, 0.4) is 0 Å². The molecule has 1 aliphatic carbocycles. The Morgan fingerprint density at radius 3 is 2.68 bits per heavy atom. The van der Waals surface area contributed by atoms with Crippen molar-refractivity contribution in [3.63, 3.8) is 0 Å². The molecule has 3 heteroatoms. The van der Waals surface area contributed by atoms with Gasteiger partial charge in [-0.1, -0.05) is 55.5 Å². The molecule has 4 rings (SSSR count). The molecule has 0 N–H and O–H groups in total. The fourth-order valence-corrected chi connectivity index (χ4v) is 5.37. The lowest BCUT2D eigenvalue weighted by Crippen LogP contribution is -2.40. The summed E-state index contributed by atoms with van der Waals surface area (Å²) < 4.78 is 0. The number of amides is 1. The van der Waals surface area contributed by atoms with E-state index in [2.05, 4.69) is 47.5 Å². The summed E-state index contributed by atoms with van der Waals surface area (Å²) in [5.74, 6) is 1.12. The topological polar surface area (TPSA) is 20.3 Å². The minimum Gasteiger partial charge on any atom is -0.331 e. The average molecular weight is 354 g/mol. The summed E-state index contributed by atoms with van der Waals surface area (Å²) in [5.41, 5.74) is 3.86. The van der Waals surface area contributed by atoms with Gasteiger partial charge < -0.3 is 4.90 Å². The molecule has 132 valence electrons. The smallest absolute Gasteiger partial charge is 0.223 e. The third-order valence-electron chi connectivity index (χ3n) is 5.92. The summed E-state index contributed by atoms with van der Waals surface area (Å²) in [7, 11) is 0. The standard InChI is InChI=1S/C22H27NOS/c1-16-6-9-18(10-7-16)22-19-13-15-25-20(19)12-14-23(22)21(24)11-8-17-4-2-3-5-17/h6-7,9-10,13,15,17,22H,2-5,8,11-12,14H2,1H3/t22-/m0/s1. The van der Waals surface area contributed by atoms with Gasteiger partial charge in [0.1, 0.15) is 0 Å². The van der Waals surface area contributed by atoms with Crippen LogP contribution in [0, 0.1) is 12.8 Å². The third kappa shape index (κ3) is 3.52. The lowest BCUT2D eigenvalue weighted by atomic mass is 9.92. The maximum absolute atomic E-state index is 13.1. The van der Waals surface area contributed by atoms with Gasteiger partial charge in [-0.3, -0.25) is 4.79 Å². The van der Waals surface area contributed by atoms with Gasteiger partial charge in [0.15, 0.2) is 0 Å². The zero-order valence-corrected chi connectivity index (χ0v) is 15.9. The van der Waals surface area contributed by atoms with E-state index in [0.717, 1.165) is 25.3 Å². The number of hydrogen-bond acceptors (Lipinski definition) is 2. The van der Waals surface area contributed by atoms with Crippen molar-refractivity contribution >= 4 is 17.2 Å². The van der Waals surface area contributed by atoms with Crippen molar-refractivity contribution in [3.8, 4) is 0 Å². The highest BCUT2D eigenvalue weighted by Gasteiger charge is 2.32. The number of carbonyl (C=O) groups excluding carboxylic acids is 1. The van der Waals surface area contributed by atoms with Gasteiger partial charge in [-0.25, -0.2) is 0 Å². The Kier molecular flexibility index (Phi) is 4.93. The first-order valence-electron chi connectivity index (χ1n) is 9.64. The Morgan fingerprint density at radius 2 is 1.92 bits per heavy atom. The van der Waals surface area contributed by atoms with Crippen molar-refractivity contribution in [2.75, 3.05) is 6.54 Å². The van der Waals surface area contributed by atoms with E-state index in [9.17, 15) is 4.79 Å². The monoisotopic (exact) mass is 353 g/mol. The molecule has 25 heavy (non-hydrogen) atoms. The van der Waals surface area contributed by atoms with Gasteiger partial charge in [-0.15, -0.1) is 11.3 Å². The lowest BCUT2D eigenvalue weighted by Gasteiger charge is -2.36. The van der Waals surface area contributed by atoms with Crippen molar-refractivity contribution in [1.82, 2.24) is 4.90 Å². The van der Waals surface area contributed by atoms with E-state index in [0.29, 0.717) is 12.3 Å². The van der Waals surface area contributed by atoms with Crippen LogP contribution in [0.2, 0.25) is 0 Å². The third-order valence-corrected chi connectivity index (χ3v) is 6.92. The van der Waals surface area contributed by atoms with E-state index in [-0.39, 0.29) is 6.04 Å². The number of thiophene rings is 1. The number of hydrogen-bond donors (Lipinski definition) is 0. The summed E-state index contributed by atoms with van der Waals surface area (Å²) in [6, 6.07) is 11.1. The van der Waals surface area contributed by atoms with Gasteiger partial charge in [-0.05, 0) is 48.3 Å². The number of fused-ring (bicyclic) bond motifs is 1. The molecule has 1 amide bonds. The van der Waals surface area contributed by atoms with Crippen LogP contribution in [-0.2, 0) is 11.2 Å². The zero-order valence-electron chi connectivity index (χ0n) is 15.0. The van der Waals surface area contributed by atoms with Gasteiger partial charge in [0.2, 0.25) is 5.91 Å². The summed E-state index contributed by atoms with van der Waals surface area (Å²) in [6.45, 7) is 2.97. The summed E-state index contributed by atoms with van der Waals surface area (Å²) in [6.07, 6.45) is 8.15. The molecular formula is C22H27NOS. The summed E-state index contributed by atoms with van der Waals surface area (Å²) >= 11 is 1.84. The van der Waals surface area contributed by atoms with Crippen molar-refractivity contribution < 1.29 is 4.79 Å². The molecule has 1 aromatic carbocycles. The minimum atomic E-state index is 0.103. The first kappa shape index (κ1) is 16.8. The van der Waals surface area contributed by atoms with Gasteiger partial charge in [-0.2, -0.15) is 0 Å². The summed E-state index contributed by atoms with van der Waals surface area (Å²) in [4.78, 5) is 16.7. The van der Waals surface area contributed by atoms with Crippen LogP contribution in [0.25, 0.3) is 0 Å². The van der Waals surface area contributed by atoms with Crippen LogP contribution in [0.15, 0.2) is 35.7 Å². The van der Waals surface area contributed by atoms with Crippen molar-refractivity contribution in [3.05, 3.63) is 57.3 Å². The van der Waals surface area contributed by atoms with Crippen LogP contribution >= 0.6 is 11.3 Å². The van der Waals surface area contributed by atoms with Gasteiger partial charge >= 0.3 is 0 Å². The molecule has 1 saturated carbocycles. The van der Waals surface area contributed by atoms with E-state index in [1.807, 2.05) is 11.3 Å². The predicted molar refractivity (Wildman–Crippen MR) is 104 cm³/mol. The lowest BCUT2D eigenvalue weighted by molar-refractivity contribution is -0.133. The molecule has 0 unspecified atom stereocenters. The van der Waals surface area contributed by atoms with Crippen molar-refractivity contribution in [2.24, 2.45) is 5.92 Å². The van der Waals surface area contributed by atoms with E-state index >= 15 is 0 Å². The fraction of sp³-hybridized carbons (Fsp3) is 0.500. The van der Waals surface area contributed by atoms with Crippen molar-refractivity contribution in [1.29, 1.82) is 0 Å². The van der Waals surface area contributed by atoms with E-state index in [1.54, 1.807) is 0 Å². The Balaban J connectivity index is 1.56. The van der Waals surface area contributed by atoms with Gasteiger partial charge in [0.05, 0.1) is 6.04 Å². The highest BCUT2D eigenvalue weighted by molar-refractivity contribution is 7.10. The molecule has 1 fully saturated rings. The first-order valence-corrected chi connectivity index (χ1v) is 10.5. The Morgan fingerprint density at radius 1 is 1.16 bits per heavy atom. The Labute approximate surface area is 154 Å². The number of carbonyl (C=O) groups is 1. The molecular weight excluding hydrogens is 326 g/mol. The second-order valence-corrected chi connectivity index (χ2v) is 8.64. The SMILES string of the molecule is Cc1ccc([C@H]2c3ccsc3CCN2C(=O)CCC2CCCC2)cc1. The molecule has 0 radical (unpaired) electrons. The molecule has 1 aromatic heterocycles. The van der Waals surface area contributed by atoms with E-state index in [4.69, 9.17) is 0 Å². The molecule has 2 nitrogen and oxygen atoms in total. The fourth-order valence-electron chi connectivity index (χ4n) is 4.46. The molecule has 0 spiro atoms. The zero-order chi connectivity index (χ0) is 17.2. The van der Waals surface area contributed by atoms with E-state index in [1.165, 1.54) is 47.3 Å². The molecule has 2 aliphatic rings. The van der Waals surface area contributed by atoms with Crippen molar-refractivity contribution in [2.45, 2.75) is 57.9 Å². The summed E-state index contributed by atoms with van der Waals surface area (Å²) in [5, 5.41) is 2.18. The second kappa shape index (κ2) is 7.33. The number of nitrogens with zero attached hydrogens (tertiary/aromatic N) is 1. The quantitative estimate of drug-likeness (QED) is 0.710. The van der Waals surface area contributed by atoms with Crippen LogP contribution in [-0.4, -0.2) is 17.4 Å². The highest BCUT2D eigenvalue weighted by atomic mass is 32.1. The Hall–Kier alpha value is -1.61. The number of benzene rings is 1. The number of rotatable bonds is 4. The number of aryl methyl sites for hydroxylation is 1. The molecule has 2 aromatic rings. The maximum atomic E-state index is 13.1. The molecule has 0 saturated heterocycles. The predicted octanol–water partition coefficient (Wildman–Crippen LogP) is 5.50. The highest BCUT2D eigenvalue weighted by Crippen LogP contribution is 2.38.